The molecular formula is C13H21N3O. The van der Waals surface area contributed by atoms with Gasteiger partial charge in [0.05, 0.1) is 6.61 Å². The molecule has 2 rings (SSSR count). The summed E-state index contributed by atoms with van der Waals surface area (Å²) in [6, 6.07) is 0. The van der Waals surface area contributed by atoms with Crippen molar-refractivity contribution in [2.24, 2.45) is 5.41 Å². The predicted molar refractivity (Wildman–Crippen MR) is 67.8 cm³/mol. The summed E-state index contributed by atoms with van der Waals surface area (Å²) in [5.74, 6) is 0.903. The summed E-state index contributed by atoms with van der Waals surface area (Å²) in [4.78, 5) is 10.5. The second-order valence-corrected chi connectivity index (χ2v) is 5.18. The van der Waals surface area contributed by atoms with Crippen LogP contribution in [-0.2, 0) is 6.61 Å². The molecular weight excluding hydrogens is 214 g/mol. The summed E-state index contributed by atoms with van der Waals surface area (Å²) >= 11 is 0. The molecule has 1 fully saturated rings. The molecule has 4 nitrogen and oxygen atoms in total. The minimum absolute atomic E-state index is 0.0116. The van der Waals surface area contributed by atoms with Crippen LogP contribution in [0.3, 0.4) is 0 Å². The lowest BCUT2D eigenvalue weighted by molar-refractivity contribution is 0.236. The highest BCUT2D eigenvalue weighted by Gasteiger charge is 2.29. The van der Waals surface area contributed by atoms with E-state index >= 15 is 0 Å². The van der Waals surface area contributed by atoms with Crippen LogP contribution in [0.1, 0.15) is 38.7 Å². The van der Waals surface area contributed by atoms with Crippen LogP contribution in [-0.4, -0.2) is 28.2 Å². The maximum Gasteiger partial charge on any atom is 0.137 e. The van der Waals surface area contributed by atoms with Crippen molar-refractivity contribution in [1.29, 1.82) is 0 Å². The van der Waals surface area contributed by atoms with Crippen molar-refractivity contribution in [1.82, 2.24) is 9.97 Å². The van der Waals surface area contributed by atoms with E-state index in [-0.39, 0.29) is 6.61 Å². The van der Waals surface area contributed by atoms with Gasteiger partial charge in [-0.2, -0.15) is 0 Å². The molecule has 0 bridgehead atoms. The molecule has 17 heavy (non-hydrogen) atoms. The molecule has 0 atom stereocenters. The van der Waals surface area contributed by atoms with Crippen molar-refractivity contribution in [2.45, 2.75) is 39.7 Å². The maximum atomic E-state index is 9.29. The zero-order valence-corrected chi connectivity index (χ0v) is 10.7. The van der Waals surface area contributed by atoms with Gasteiger partial charge in [-0.3, -0.25) is 0 Å². The molecule has 0 amide bonds. The molecule has 94 valence electrons. The number of aliphatic hydroxyl groups is 1. The van der Waals surface area contributed by atoms with Gasteiger partial charge >= 0.3 is 0 Å². The quantitative estimate of drug-likeness (QED) is 0.870. The molecule has 1 aromatic rings. The van der Waals surface area contributed by atoms with Crippen LogP contribution in [0.25, 0.3) is 0 Å². The monoisotopic (exact) mass is 235 g/mol. The molecule has 2 heterocycles. The second kappa shape index (κ2) is 5.00. The van der Waals surface area contributed by atoms with E-state index in [4.69, 9.17) is 0 Å². The van der Waals surface area contributed by atoms with Crippen LogP contribution in [0.2, 0.25) is 0 Å². The summed E-state index contributed by atoms with van der Waals surface area (Å²) in [6.45, 7) is 6.68. The number of rotatable bonds is 3. The van der Waals surface area contributed by atoms with Gasteiger partial charge in [-0.25, -0.2) is 9.97 Å². The Hall–Kier alpha value is -1.16. The predicted octanol–water partition coefficient (Wildman–Crippen LogP) is 1.99. The fourth-order valence-corrected chi connectivity index (χ4v) is 2.36. The lowest BCUT2D eigenvalue weighted by Gasteiger charge is -2.39. The number of aliphatic hydroxyl groups excluding tert-OH is 1. The smallest absolute Gasteiger partial charge is 0.137 e. The lowest BCUT2D eigenvalue weighted by atomic mass is 9.78. The van der Waals surface area contributed by atoms with Crippen molar-refractivity contribution in [3.05, 3.63) is 18.1 Å². The first-order valence-electron chi connectivity index (χ1n) is 6.33. The fraction of sp³-hybridized carbons (Fsp3) is 0.692. The molecule has 4 heteroatoms. The Morgan fingerprint density at radius 1 is 1.41 bits per heavy atom. The third-order valence-electron chi connectivity index (χ3n) is 4.06. The van der Waals surface area contributed by atoms with E-state index in [0.29, 0.717) is 5.41 Å². The Morgan fingerprint density at radius 2 is 2.12 bits per heavy atom. The summed E-state index contributed by atoms with van der Waals surface area (Å²) in [5, 5.41) is 9.29. The van der Waals surface area contributed by atoms with E-state index in [1.807, 2.05) is 0 Å². The fourth-order valence-electron chi connectivity index (χ4n) is 2.36. The largest absolute Gasteiger partial charge is 0.391 e. The van der Waals surface area contributed by atoms with Crippen molar-refractivity contribution < 1.29 is 5.11 Å². The Labute approximate surface area is 103 Å². The van der Waals surface area contributed by atoms with Crippen molar-refractivity contribution in [2.75, 3.05) is 18.0 Å². The minimum Gasteiger partial charge on any atom is -0.391 e. The van der Waals surface area contributed by atoms with Gasteiger partial charge in [-0.05, 0) is 18.3 Å². The molecule has 0 unspecified atom stereocenters. The van der Waals surface area contributed by atoms with Crippen LogP contribution in [0.5, 0.6) is 0 Å². The Kier molecular flexibility index (Phi) is 3.62. The van der Waals surface area contributed by atoms with Gasteiger partial charge in [0, 0.05) is 24.8 Å². The maximum absolute atomic E-state index is 9.29. The first-order chi connectivity index (χ1) is 8.18. The molecule has 1 aliphatic heterocycles. The highest BCUT2D eigenvalue weighted by atomic mass is 16.3. The molecule has 0 aliphatic carbocycles. The molecule has 1 aromatic heterocycles. The highest BCUT2D eigenvalue weighted by molar-refractivity contribution is 5.45. The molecule has 1 aliphatic rings. The third-order valence-corrected chi connectivity index (χ3v) is 4.06. The van der Waals surface area contributed by atoms with Gasteiger partial charge in [0.2, 0.25) is 0 Å². The third kappa shape index (κ3) is 2.57. The molecule has 0 spiro atoms. The van der Waals surface area contributed by atoms with Crippen LogP contribution >= 0.6 is 0 Å². The van der Waals surface area contributed by atoms with Crippen molar-refractivity contribution >= 4 is 5.82 Å². The highest BCUT2D eigenvalue weighted by Crippen LogP contribution is 2.35. The number of nitrogens with zero attached hydrogens (tertiary/aromatic N) is 3. The van der Waals surface area contributed by atoms with E-state index in [9.17, 15) is 5.11 Å². The number of piperidine rings is 1. The van der Waals surface area contributed by atoms with Crippen molar-refractivity contribution in [3.63, 3.8) is 0 Å². The standard InChI is InChI=1S/C13H21N3O/c1-3-13(2)4-6-16(7-5-13)12-11(9-17)8-14-10-15-12/h8,10,17H,3-7,9H2,1-2H3. The van der Waals surface area contributed by atoms with E-state index in [1.165, 1.54) is 19.3 Å². The average Bonchev–Trinajstić information content (AvgIpc) is 2.40. The SMILES string of the molecule is CCC1(C)CCN(c2ncncc2CO)CC1. The summed E-state index contributed by atoms with van der Waals surface area (Å²) in [7, 11) is 0. The lowest BCUT2D eigenvalue weighted by Crippen LogP contribution is -2.39. The van der Waals surface area contributed by atoms with Gasteiger partial charge in [-0.1, -0.05) is 20.3 Å². The summed E-state index contributed by atoms with van der Waals surface area (Å²) in [6.07, 6.45) is 6.88. The molecule has 0 aromatic carbocycles. The van der Waals surface area contributed by atoms with Gasteiger partial charge in [0.1, 0.15) is 12.1 Å². The average molecular weight is 235 g/mol. The molecule has 0 saturated carbocycles. The number of hydrogen-bond donors (Lipinski definition) is 1. The normalized spacial score (nSPS) is 19.4. The number of aromatic nitrogens is 2. The first-order valence-corrected chi connectivity index (χ1v) is 6.33. The van der Waals surface area contributed by atoms with Gasteiger partial charge in [0.25, 0.3) is 0 Å². The number of hydrogen-bond acceptors (Lipinski definition) is 4. The van der Waals surface area contributed by atoms with E-state index in [0.717, 1.165) is 24.5 Å². The van der Waals surface area contributed by atoms with Gasteiger partial charge < -0.3 is 10.0 Å². The molecule has 0 radical (unpaired) electrons. The molecule has 1 N–H and O–H groups in total. The van der Waals surface area contributed by atoms with E-state index in [1.54, 1.807) is 12.5 Å². The van der Waals surface area contributed by atoms with E-state index in [2.05, 4.69) is 28.7 Å². The second-order valence-electron chi connectivity index (χ2n) is 5.18. The van der Waals surface area contributed by atoms with E-state index < -0.39 is 0 Å². The number of anilines is 1. The van der Waals surface area contributed by atoms with Gasteiger partial charge in [0.15, 0.2) is 0 Å². The Balaban J connectivity index is 2.10. The minimum atomic E-state index is 0.0116. The Morgan fingerprint density at radius 3 is 2.71 bits per heavy atom. The summed E-state index contributed by atoms with van der Waals surface area (Å²) in [5.41, 5.74) is 1.30. The van der Waals surface area contributed by atoms with Crippen molar-refractivity contribution in [3.8, 4) is 0 Å². The van der Waals surface area contributed by atoms with Crippen LogP contribution in [0.4, 0.5) is 5.82 Å². The molecule has 1 saturated heterocycles. The zero-order valence-electron chi connectivity index (χ0n) is 10.7. The zero-order chi connectivity index (χ0) is 12.3. The summed E-state index contributed by atoms with van der Waals surface area (Å²) < 4.78 is 0. The van der Waals surface area contributed by atoms with Gasteiger partial charge in [-0.15, -0.1) is 0 Å². The Bertz CT molecular complexity index is 373. The topological polar surface area (TPSA) is 49.2 Å². The van der Waals surface area contributed by atoms with Crippen LogP contribution < -0.4 is 4.90 Å². The van der Waals surface area contributed by atoms with Crippen LogP contribution in [0, 0.1) is 5.41 Å². The van der Waals surface area contributed by atoms with Crippen LogP contribution in [0.15, 0.2) is 12.5 Å². The first kappa shape index (κ1) is 12.3.